The molecular formula is C18H21N3O3S. The molecule has 0 atom stereocenters. The van der Waals surface area contributed by atoms with Crippen LogP contribution in [0.25, 0.3) is 0 Å². The number of nitrogens with one attached hydrogen (secondary N) is 1. The van der Waals surface area contributed by atoms with Gasteiger partial charge in [-0.2, -0.15) is 0 Å². The lowest BCUT2D eigenvalue weighted by Gasteiger charge is -2.31. The predicted octanol–water partition coefficient (Wildman–Crippen LogP) is 2.12. The third-order valence-electron chi connectivity index (χ3n) is 4.26. The van der Waals surface area contributed by atoms with Crippen LogP contribution in [0.1, 0.15) is 18.4 Å². The van der Waals surface area contributed by atoms with Gasteiger partial charge in [0.25, 0.3) is 0 Å². The lowest BCUT2D eigenvalue weighted by molar-refractivity contribution is -0.116. The van der Waals surface area contributed by atoms with Gasteiger partial charge in [0.05, 0.1) is 4.90 Å². The quantitative estimate of drug-likeness (QED) is 0.855. The van der Waals surface area contributed by atoms with Crippen LogP contribution >= 0.6 is 0 Å². The molecule has 1 aliphatic rings. The van der Waals surface area contributed by atoms with E-state index in [4.69, 9.17) is 5.14 Å². The molecule has 7 heteroatoms. The number of aryl methyl sites for hydroxylation is 1. The van der Waals surface area contributed by atoms with Crippen LogP contribution in [-0.4, -0.2) is 27.4 Å². The van der Waals surface area contributed by atoms with Crippen LogP contribution in [0.2, 0.25) is 0 Å². The average Bonchev–Trinajstić information content (AvgIpc) is 2.59. The highest BCUT2D eigenvalue weighted by Gasteiger charge is 2.17. The summed E-state index contributed by atoms with van der Waals surface area (Å²) in [6.45, 7) is 1.56. The maximum atomic E-state index is 12.2. The fourth-order valence-corrected chi connectivity index (χ4v) is 3.61. The molecule has 0 unspecified atom stereocenters. The lowest BCUT2D eigenvalue weighted by Crippen LogP contribution is -2.32. The molecule has 132 valence electrons. The van der Waals surface area contributed by atoms with Crippen LogP contribution in [0.4, 0.5) is 11.4 Å². The zero-order valence-corrected chi connectivity index (χ0v) is 14.6. The van der Waals surface area contributed by atoms with Crippen molar-refractivity contribution >= 4 is 27.3 Å². The fraction of sp³-hybridized carbons (Fsp3) is 0.278. The van der Waals surface area contributed by atoms with Crippen molar-refractivity contribution in [1.82, 2.24) is 0 Å². The van der Waals surface area contributed by atoms with Crippen LogP contribution in [0.3, 0.4) is 0 Å². The van der Waals surface area contributed by atoms with Gasteiger partial charge in [0.15, 0.2) is 0 Å². The molecule has 0 fully saturated rings. The number of hydrogen-bond donors (Lipinski definition) is 2. The van der Waals surface area contributed by atoms with E-state index in [1.807, 2.05) is 12.1 Å². The van der Waals surface area contributed by atoms with E-state index in [1.54, 1.807) is 12.1 Å². The average molecular weight is 359 g/mol. The molecule has 0 aromatic heterocycles. The van der Waals surface area contributed by atoms with E-state index in [2.05, 4.69) is 22.3 Å². The third kappa shape index (κ3) is 4.37. The van der Waals surface area contributed by atoms with E-state index in [1.165, 1.54) is 23.4 Å². The Balaban J connectivity index is 1.61. The van der Waals surface area contributed by atoms with Crippen molar-refractivity contribution in [3.63, 3.8) is 0 Å². The third-order valence-corrected chi connectivity index (χ3v) is 5.17. The van der Waals surface area contributed by atoms with Crippen molar-refractivity contribution in [2.24, 2.45) is 5.14 Å². The second kappa shape index (κ2) is 7.25. The van der Waals surface area contributed by atoms with E-state index in [9.17, 15) is 13.2 Å². The number of benzene rings is 2. The molecule has 2 aromatic rings. The smallest absolute Gasteiger partial charge is 0.238 e. The molecule has 0 aliphatic carbocycles. The van der Waals surface area contributed by atoms with Gasteiger partial charge in [-0.15, -0.1) is 0 Å². The first-order chi connectivity index (χ1) is 11.9. The van der Waals surface area contributed by atoms with Gasteiger partial charge in [0.2, 0.25) is 15.9 Å². The van der Waals surface area contributed by atoms with Crippen molar-refractivity contribution in [2.45, 2.75) is 24.2 Å². The summed E-state index contributed by atoms with van der Waals surface area (Å²) in [6, 6.07) is 14.2. The predicted molar refractivity (Wildman–Crippen MR) is 98.0 cm³/mol. The summed E-state index contributed by atoms with van der Waals surface area (Å²) in [7, 11) is -3.78. The maximum Gasteiger partial charge on any atom is 0.238 e. The standard InChI is InChI=1S/C18H21N3O3S/c19-25(23,24)16-8-3-7-15(13-16)20-18(22)10-12-21-11-4-6-14-5-1-2-9-17(14)21/h1-3,5,7-9,13H,4,6,10-12H2,(H,20,22)(H2,19,23,24). The second-order valence-corrected chi connectivity index (χ2v) is 7.65. The monoisotopic (exact) mass is 359 g/mol. The van der Waals surface area contributed by atoms with Gasteiger partial charge in [0, 0.05) is 30.9 Å². The molecule has 6 nitrogen and oxygen atoms in total. The SMILES string of the molecule is NS(=O)(=O)c1cccc(NC(=O)CCN2CCCc3ccccc32)c1. The molecule has 3 rings (SSSR count). The first-order valence-corrected chi connectivity index (χ1v) is 9.74. The molecule has 3 N–H and O–H groups in total. The van der Waals surface area contributed by atoms with E-state index in [0.29, 0.717) is 18.7 Å². The van der Waals surface area contributed by atoms with Crippen molar-refractivity contribution in [3.05, 3.63) is 54.1 Å². The molecule has 1 aliphatic heterocycles. The Labute approximate surface area is 147 Å². The number of fused-ring (bicyclic) bond motifs is 1. The summed E-state index contributed by atoms with van der Waals surface area (Å²) in [5.41, 5.74) is 2.93. The summed E-state index contributed by atoms with van der Waals surface area (Å²) in [5, 5.41) is 7.84. The van der Waals surface area contributed by atoms with Gasteiger partial charge in [-0.25, -0.2) is 13.6 Å². The summed E-state index contributed by atoms with van der Waals surface area (Å²) < 4.78 is 22.8. The molecular weight excluding hydrogens is 338 g/mol. The molecule has 0 saturated carbocycles. The van der Waals surface area contributed by atoms with E-state index >= 15 is 0 Å². The van der Waals surface area contributed by atoms with Crippen LogP contribution in [0.5, 0.6) is 0 Å². The van der Waals surface area contributed by atoms with Gasteiger partial charge in [-0.05, 0) is 42.7 Å². The first kappa shape index (κ1) is 17.4. The van der Waals surface area contributed by atoms with Crippen LogP contribution in [0, 0.1) is 0 Å². The van der Waals surface area contributed by atoms with Gasteiger partial charge in [-0.3, -0.25) is 4.79 Å². The fourth-order valence-electron chi connectivity index (χ4n) is 3.05. The van der Waals surface area contributed by atoms with Crippen molar-refractivity contribution in [1.29, 1.82) is 0 Å². The summed E-state index contributed by atoms with van der Waals surface area (Å²) >= 11 is 0. The van der Waals surface area contributed by atoms with Gasteiger partial charge in [0.1, 0.15) is 0 Å². The summed E-state index contributed by atoms with van der Waals surface area (Å²) in [6.07, 6.45) is 2.47. The van der Waals surface area contributed by atoms with Crippen molar-refractivity contribution in [3.8, 4) is 0 Å². The molecule has 1 amide bonds. The Morgan fingerprint density at radius 1 is 1.16 bits per heavy atom. The number of carbonyl (C=O) groups excluding carboxylic acids is 1. The minimum Gasteiger partial charge on any atom is -0.371 e. The Hall–Kier alpha value is -2.38. The normalized spacial score (nSPS) is 14.0. The van der Waals surface area contributed by atoms with Crippen molar-refractivity contribution in [2.75, 3.05) is 23.3 Å². The zero-order chi connectivity index (χ0) is 17.9. The second-order valence-electron chi connectivity index (χ2n) is 6.09. The van der Waals surface area contributed by atoms with E-state index < -0.39 is 10.0 Å². The minimum absolute atomic E-state index is 0.0183. The molecule has 1 heterocycles. The lowest BCUT2D eigenvalue weighted by atomic mass is 10.0. The largest absolute Gasteiger partial charge is 0.371 e. The Morgan fingerprint density at radius 2 is 1.96 bits per heavy atom. The highest BCUT2D eigenvalue weighted by Crippen LogP contribution is 2.26. The summed E-state index contributed by atoms with van der Waals surface area (Å²) in [5.74, 6) is -0.158. The number of sulfonamides is 1. The number of anilines is 2. The molecule has 2 aromatic carbocycles. The molecule has 0 saturated heterocycles. The number of primary sulfonamides is 1. The molecule has 0 spiro atoms. The number of rotatable bonds is 5. The van der Waals surface area contributed by atoms with Crippen LogP contribution in [-0.2, 0) is 21.2 Å². The highest BCUT2D eigenvalue weighted by molar-refractivity contribution is 7.89. The summed E-state index contributed by atoms with van der Waals surface area (Å²) in [4.78, 5) is 14.4. The van der Waals surface area contributed by atoms with Gasteiger partial charge >= 0.3 is 0 Å². The zero-order valence-electron chi connectivity index (χ0n) is 13.8. The number of para-hydroxylation sites is 1. The number of hydrogen-bond acceptors (Lipinski definition) is 4. The van der Waals surface area contributed by atoms with Crippen LogP contribution < -0.4 is 15.4 Å². The topological polar surface area (TPSA) is 92.5 Å². The number of carbonyl (C=O) groups is 1. The first-order valence-electron chi connectivity index (χ1n) is 8.19. The van der Waals surface area contributed by atoms with Gasteiger partial charge < -0.3 is 10.2 Å². The minimum atomic E-state index is -3.78. The number of nitrogens with zero attached hydrogens (tertiary/aromatic N) is 1. The van der Waals surface area contributed by atoms with Crippen LogP contribution in [0.15, 0.2) is 53.4 Å². The Kier molecular flexibility index (Phi) is 5.06. The Bertz CT molecular complexity index is 881. The number of nitrogens with two attached hydrogens (primary N) is 1. The maximum absolute atomic E-state index is 12.2. The number of amides is 1. The van der Waals surface area contributed by atoms with Gasteiger partial charge in [-0.1, -0.05) is 24.3 Å². The Morgan fingerprint density at radius 3 is 2.76 bits per heavy atom. The van der Waals surface area contributed by atoms with E-state index in [0.717, 1.165) is 19.4 Å². The van der Waals surface area contributed by atoms with Crippen molar-refractivity contribution < 1.29 is 13.2 Å². The van der Waals surface area contributed by atoms with E-state index in [-0.39, 0.29) is 10.8 Å². The molecule has 0 bridgehead atoms. The highest BCUT2D eigenvalue weighted by atomic mass is 32.2. The molecule has 25 heavy (non-hydrogen) atoms. The molecule has 0 radical (unpaired) electrons.